The molecule has 7 nitrogen and oxygen atoms in total. The second kappa shape index (κ2) is 12.1. The van der Waals surface area contributed by atoms with Crippen molar-refractivity contribution in [3.05, 3.63) is 68.8 Å². The second-order valence-corrected chi connectivity index (χ2v) is 11.0. The number of carbonyl (C=O) groups is 3. The molecule has 1 amide bonds. The van der Waals surface area contributed by atoms with E-state index in [0.29, 0.717) is 29.2 Å². The molecule has 0 saturated carbocycles. The number of amides is 1. The molecule has 1 unspecified atom stereocenters. The number of anilines is 2. The lowest BCUT2D eigenvalue weighted by Gasteiger charge is -2.24. The monoisotopic (exact) mass is 624 g/mol. The fourth-order valence-electron chi connectivity index (χ4n) is 3.62. The average molecular weight is 625 g/mol. The first-order valence-corrected chi connectivity index (χ1v) is 13.1. The number of hydrogen-bond donors (Lipinski definition) is 1. The summed E-state index contributed by atoms with van der Waals surface area (Å²) in [4.78, 5) is 40.2. The third-order valence-corrected chi connectivity index (χ3v) is 6.54. The molecule has 0 aromatic heterocycles. The van der Waals surface area contributed by atoms with Crippen LogP contribution in [0.1, 0.15) is 40.5 Å². The Morgan fingerprint density at radius 1 is 1.17 bits per heavy atom. The highest BCUT2D eigenvalue weighted by Crippen LogP contribution is 2.27. The molecule has 36 heavy (non-hydrogen) atoms. The number of rotatable bonds is 8. The van der Waals surface area contributed by atoms with E-state index >= 15 is 0 Å². The maximum atomic E-state index is 13.1. The molecule has 1 heterocycles. The largest absolute Gasteiger partial charge is 0.457 e. The van der Waals surface area contributed by atoms with E-state index in [1.165, 1.54) is 6.92 Å². The van der Waals surface area contributed by atoms with E-state index < -0.39 is 29.7 Å². The van der Waals surface area contributed by atoms with Gasteiger partial charge in [-0.25, -0.2) is 9.59 Å². The minimum Gasteiger partial charge on any atom is -0.457 e. The van der Waals surface area contributed by atoms with Crippen LogP contribution < -0.4 is 10.2 Å². The summed E-state index contributed by atoms with van der Waals surface area (Å²) >= 11 is 8.30. The first-order valence-electron chi connectivity index (χ1n) is 11.7. The molecule has 0 bridgehead atoms. The minimum atomic E-state index is -1.09. The van der Waals surface area contributed by atoms with Crippen molar-refractivity contribution in [1.29, 1.82) is 0 Å². The van der Waals surface area contributed by atoms with E-state index in [1.54, 1.807) is 43.9 Å². The first-order chi connectivity index (χ1) is 16.9. The van der Waals surface area contributed by atoms with Crippen LogP contribution in [-0.2, 0) is 23.9 Å². The van der Waals surface area contributed by atoms with Gasteiger partial charge in [0, 0.05) is 32.1 Å². The third kappa shape index (κ3) is 7.70. The molecule has 1 aliphatic heterocycles. The highest BCUT2D eigenvalue weighted by Gasteiger charge is 2.30. The van der Waals surface area contributed by atoms with Gasteiger partial charge < -0.3 is 19.7 Å². The smallest absolute Gasteiger partial charge is 0.347 e. The molecule has 0 spiro atoms. The van der Waals surface area contributed by atoms with Crippen LogP contribution in [0.25, 0.3) is 0 Å². The number of ether oxygens (including phenoxy) is 2. The van der Waals surface area contributed by atoms with Gasteiger partial charge in [-0.1, -0.05) is 35.9 Å². The topological polar surface area (TPSA) is 84.9 Å². The van der Waals surface area contributed by atoms with Crippen LogP contribution >= 0.6 is 34.2 Å². The van der Waals surface area contributed by atoms with Crippen molar-refractivity contribution in [1.82, 2.24) is 0 Å². The Hall–Kier alpha value is -2.59. The Balaban J connectivity index is 1.77. The van der Waals surface area contributed by atoms with Gasteiger partial charge in [-0.3, -0.25) is 4.79 Å². The number of nitrogens with zero attached hydrogens (tertiary/aromatic N) is 1. The van der Waals surface area contributed by atoms with Gasteiger partial charge >= 0.3 is 11.9 Å². The molecule has 9 heteroatoms. The molecular formula is C27H30ClIN2O5. The van der Waals surface area contributed by atoms with Crippen molar-refractivity contribution in [2.75, 3.05) is 16.8 Å². The highest BCUT2D eigenvalue weighted by molar-refractivity contribution is 14.1. The fraction of sp³-hybridized carbons (Fsp3) is 0.370. The Labute approximate surface area is 230 Å². The molecule has 3 rings (SSSR count). The van der Waals surface area contributed by atoms with E-state index in [9.17, 15) is 14.4 Å². The molecule has 1 N–H and O–H groups in total. The van der Waals surface area contributed by atoms with Gasteiger partial charge in [0.05, 0.1) is 0 Å². The third-order valence-electron chi connectivity index (χ3n) is 5.37. The average Bonchev–Trinajstić information content (AvgIpc) is 3.18. The van der Waals surface area contributed by atoms with Crippen molar-refractivity contribution in [2.45, 2.75) is 58.3 Å². The number of hydrogen-bond acceptors (Lipinski definition) is 6. The SMILES string of the molecule is C[C@@H](OC(=O)C(CC=C1CCN(c2ccccc2)C1=O)Nc1cc(Cl)ccc1I)C(=O)OC(C)(C)C. The van der Waals surface area contributed by atoms with Crippen LogP contribution in [0.2, 0.25) is 5.02 Å². The predicted octanol–water partition coefficient (Wildman–Crippen LogP) is 5.75. The summed E-state index contributed by atoms with van der Waals surface area (Å²) in [5.74, 6) is -1.35. The van der Waals surface area contributed by atoms with E-state index in [1.807, 2.05) is 36.4 Å². The Kier molecular flexibility index (Phi) is 9.41. The second-order valence-electron chi connectivity index (χ2n) is 9.44. The van der Waals surface area contributed by atoms with Crippen LogP contribution in [0.15, 0.2) is 60.2 Å². The Morgan fingerprint density at radius 2 is 1.86 bits per heavy atom. The zero-order chi connectivity index (χ0) is 26.5. The minimum absolute atomic E-state index is 0.0900. The lowest BCUT2D eigenvalue weighted by Crippen LogP contribution is -2.38. The molecule has 1 fully saturated rings. The number of esters is 2. The standard InChI is InChI=1S/C27H30ClIN2O5/c1-17(25(33)36-27(2,3)4)35-26(34)22(30-23-16-19(28)11-12-21(23)29)13-10-18-14-15-31(24(18)32)20-8-6-5-7-9-20/h5-12,16-17,22,30H,13-15H2,1-4H3/t17-,22?/m1/s1. The van der Waals surface area contributed by atoms with E-state index in [2.05, 4.69) is 27.9 Å². The maximum absolute atomic E-state index is 13.1. The van der Waals surface area contributed by atoms with E-state index in [0.717, 1.165) is 9.26 Å². The molecule has 192 valence electrons. The molecule has 1 saturated heterocycles. The van der Waals surface area contributed by atoms with Gasteiger partial charge in [-0.15, -0.1) is 0 Å². The van der Waals surface area contributed by atoms with Crippen molar-refractivity contribution in [2.24, 2.45) is 0 Å². The normalized spacial score (nSPS) is 16.6. The number of para-hydroxylation sites is 1. The van der Waals surface area contributed by atoms with Crippen molar-refractivity contribution in [3.63, 3.8) is 0 Å². The molecule has 0 aliphatic carbocycles. The van der Waals surface area contributed by atoms with Gasteiger partial charge in [0.1, 0.15) is 11.6 Å². The van der Waals surface area contributed by atoms with Crippen LogP contribution in [0.5, 0.6) is 0 Å². The summed E-state index contributed by atoms with van der Waals surface area (Å²) in [6, 6.07) is 13.9. The molecule has 0 radical (unpaired) electrons. The van der Waals surface area contributed by atoms with Crippen molar-refractivity contribution < 1.29 is 23.9 Å². The number of nitrogens with one attached hydrogen (secondary N) is 1. The Morgan fingerprint density at radius 3 is 2.53 bits per heavy atom. The molecule has 2 aromatic carbocycles. The lowest BCUT2D eigenvalue weighted by atomic mass is 10.1. The van der Waals surface area contributed by atoms with Crippen molar-refractivity contribution >= 4 is 63.4 Å². The zero-order valence-electron chi connectivity index (χ0n) is 20.7. The quantitative estimate of drug-likeness (QED) is 0.229. The maximum Gasteiger partial charge on any atom is 0.347 e. The number of carbonyl (C=O) groups excluding carboxylic acids is 3. The van der Waals surface area contributed by atoms with Crippen LogP contribution in [-0.4, -0.2) is 42.1 Å². The summed E-state index contributed by atoms with van der Waals surface area (Å²) in [5, 5.41) is 3.68. The van der Waals surface area contributed by atoms with Crippen LogP contribution in [0.4, 0.5) is 11.4 Å². The summed E-state index contributed by atoms with van der Waals surface area (Å²) in [7, 11) is 0. The molecule has 2 aromatic rings. The molecule has 1 aliphatic rings. The predicted molar refractivity (Wildman–Crippen MR) is 149 cm³/mol. The van der Waals surface area contributed by atoms with E-state index in [-0.39, 0.29) is 12.3 Å². The van der Waals surface area contributed by atoms with Gasteiger partial charge in [0.15, 0.2) is 6.10 Å². The van der Waals surface area contributed by atoms with Crippen LogP contribution in [0.3, 0.4) is 0 Å². The number of benzene rings is 2. The molecule has 2 atom stereocenters. The summed E-state index contributed by atoms with van der Waals surface area (Å²) in [6.07, 6.45) is 1.43. The lowest BCUT2D eigenvalue weighted by molar-refractivity contribution is -0.174. The summed E-state index contributed by atoms with van der Waals surface area (Å²) in [5.41, 5.74) is 1.40. The zero-order valence-corrected chi connectivity index (χ0v) is 23.6. The van der Waals surface area contributed by atoms with E-state index in [4.69, 9.17) is 21.1 Å². The fourth-order valence-corrected chi connectivity index (χ4v) is 4.28. The van der Waals surface area contributed by atoms with Gasteiger partial charge in [0.2, 0.25) is 0 Å². The molecular weight excluding hydrogens is 595 g/mol. The summed E-state index contributed by atoms with van der Waals surface area (Å²) in [6.45, 7) is 7.28. The van der Waals surface area contributed by atoms with Gasteiger partial charge in [-0.2, -0.15) is 0 Å². The van der Waals surface area contributed by atoms with Gasteiger partial charge in [0.25, 0.3) is 5.91 Å². The van der Waals surface area contributed by atoms with Crippen molar-refractivity contribution in [3.8, 4) is 0 Å². The number of halogens is 2. The Bertz CT molecular complexity index is 1150. The highest BCUT2D eigenvalue weighted by atomic mass is 127. The van der Waals surface area contributed by atoms with Gasteiger partial charge in [-0.05, 0) is 93.5 Å². The van der Waals surface area contributed by atoms with Crippen LogP contribution in [0, 0.1) is 3.57 Å². The first kappa shape index (κ1) is 28.0. The summed E-state index contributed by atoms with van der Waals surface area (Å²) < 4.78 is 11.6.